The summed E-state index contributed by atoms with van der Waals surface area (Å²) in [6.45, 7) is 2.03. The molecule has 0 saturated carbocycles. The van der Waals surface area contributed by atoms with Gasteiger partial charge in [-0.1, -0.05) is 6.07 Å². The third-order valence-electron chi connectivity index (χ3n) is 5.20. The van der Waals surface area contributed by atoms with Gasteiger partial charge in [0.05, 0.1) is 16.5 Å². The second-order valence-electron chi connectivity index (χ2n) is 7.82. The molecule has 0 aliphatic heterocycles. The molecule has 0 spiro atoms. The molecule has 0 aliphatic carbocycles. The third-order valence-corrected chi connectivity index (χ3v) is 5.20. The van der Waals surface area contributed by atoms with Crippen LogP contribution >= 0.6 is 0 Å². The number of aliphatic carboxylic acids is 2. The first-order chi connectivity index (χ1) is 16.0. The first kappa shape index (κ1) is 24.4. The first-order valence-electron chi connectivity index (χ1n) is 10.3. The van der Waals surface area contributed by atoms with Crippen LogP contribution in [0.3, 0.4) is 0 Å². The molecular weight excluding hydrogens is 447 g/mol. The van der Waals surface area contributed by atoms with Gasteiger partial charge in [0.1, 0.15) is 17.7 Å². The second-order valence-corrected chi connectivity index (χ2v) is 7.82. The summed E-state index contributed by atoms with van der Waals surface area (Å²) in [5, 5.41) is 20.5. The summed E-state index contributed by atoms with van der Waals surface area (Å²) in [5.41, 5.74) is 1.19. The normalized spacial score (nSPS) is 11.7. The fourth-order valence-corrected chi connectivity index (χ4v) is 3.45. The number of fused-ring (bicyclic) bond motifs is 1. The van der Waals surface area contributed by atoms with Crippen LogP contribution in [0.1, 0.15) is 34.6 Å². The molecule has 0 radical (unpaired) electrons. The highest BCUT2D eigenvalue weighted by Crippen LogP contribution is 2.21. The Kier molecular flexibility index (Phi) is 7.24. The molecule has 0 unspecified atom stereocenters. The Morgan fingerprint density at radius 1 is 1.18 bits per heavy atom. The Hall–Kier alpha value is -4.28. The van der Waals surface area contributed by atoms with Crippen molar-refractivity contribution in [3.05, 3.63) is 69.5 Å². The van der Waals surface area contributed by atoms with E-state index in [9.17, 15) is 28.7 Å². The maximum absolute atomic E-state index is 14.7. The number of hydrogen-bond donors (Lipinski definition) is 4. The van der Waals surface area contributed by atoms with E-state index in [0.717, 1.165) is 11.6 Å². The summed E-state index contributed by atoms with van der Waals surface area (Å²) in [7, 11) is 1.71. The summed E-state index contributed by atoms with van der Waals surface area (Å²) in [6.07, 6.45) is -0.789. The van der Waals surface area contributed by atoms with Crippen molar-refractivity contribution >= 4 is 34.4 Å². The van der Waals surface area contributed by atoms with E-state index in [0.29, 0.717) is 29.0 Å². The van der Waals surface area contributed by atoms with Crippen molar-refractivity contribution in [1.29, 1.82) is 0 Å². The maximum Gasteiger partial charge on any atom is 0.326 e. The fraction of sp³-hybridized carbons (Fsp3) is 0.261. The van der Waals surface area contributed by atoms with Gasteiger partial charge in [-0.15, -0.1) is 0 Å². The molecule has 0 aliphatic rings. The van der Waals surface area contributed by atoms with Crippen LogP contribution in [0.25, 0.3) is 10.9 Å². The minimum atomic E-state index is -1.46. The number of carbonyl (C=O) groups excluding carboxylic acids is 1. The van der Waals surface area contributed by atoms with Gasteiger partial charge in [-0.05, 0) is 49.2 Å². The molecule has 11 heteroatoms. The number of carboxylic acids is 2. The molecule has 0 bridgehead atoms. The van der Waals surface area contributed by atoms with E-state index in [1.165, 1.54) is 12.1 Å². The van der Waals surface area contributed by atoms with Crippen molar-refractivity contribution in [2.75, 3.05) is 11.9 Å². The Balaban J connectivity index is 1.74. The third kappa shape index (κ3) is 5.74. The van der Waals surface area contributed by atoms with Gasteiger partial charge in [0.15, 0.2) is 0 Å². The highest BCUT2D eigenvalue weighted by Gasteiger charge is 2.23. The molecule has 3 aromatic rings. The molecule has 1 aromatic heterocycles. The van der Waals surface area contributed by atoms with E-state index in [2.05, 4.69) is 15.3 Å². The minimum absolute atomic E-state index is 0.253. The average Bonchev–Trinajstić information content (AvgIpc) is 2.76. The zero-order valence-electron chi connectivity index (χ0n) is 18.5. The SMILES string of the molecule is Cc1nc2ccc(CN(C)c3ccc(C(=O)N[C@@H](CCC(=O)O)C(=O)O)c(F)c3)cc2c(=O)[nH]1. The van der Waals surface area contributed by atoms with Gasteiger partial charge >= 0.3 is 11.9 Å². The van der Waals surface area contributed by atoms with Crippen LogP contribution in [0, 0.1) is 12.7 Å². The number of anilines is 1. The fourth-order valence-electron chi connectivity index (χ4n) is 3.45. The Morgan fingerprint density at radius 3 is 2.56 bits per heavy atom. The van der Waals surface area contributed by atoms with E-state index < -0.39 is 36.1 Å². The number of benzene rings is 2. The number of nitrogens with zero attached hydrogens (tertiary/aromatic N) is 2. The molecule has 10 nitrogen and oxygen atoms in total. The Bertz CT molecular complexity index is 1320. The number of rotatable bonds is 9. The predicted molar refractivity (Wildman–Crippen MR) is 121 cm³/mol. The number of aromatic nitrogens is 2. The number of hydrogen-bond acceptors (Lipinski definition) is 6. The quantitative estimate of drug-likeness (QED) is 0.371. The molecule has 1 amide bonds. The van der Waals surface area contributed by atoms with Crippen LogP contribution in [-0.2, 0) is 16.1 Å². The number of halogens is 1. The van der Waals surface area contributed by atoms with Gasteiger partial charge < -0.3 is 25.4 Å². The molecule has 1 atom stereocenters. The van der Waals surface area contributed by atoms with Gasteiger partial charge in [-0.25, -0.2) is 14.2 Å². The summed E-state index contributed by atoms with van der Waals surface area (Å²) < 4.78 is 14.7. The smallest absolute Gasteiger partial charge is 0.326 e. The van der Waals surface area contributed by atoms with Crippen molar-refractivity contribution in [3.63, 3.8) is 0 Å². The molecular formula is C23H23FN4O6. The molecule has 2 aromatic carbocycles. The lowest BCUT2D eigenvalue weighted by molar-refractivity contribution is -0.140. The maximum atomic E-state index is 14.7. The number of nitrogens with one attached hydrogen (secondary N) is 2. The van der Waals surface area contributed by atoms with E-state index in [4.69, 9.17) is 5.11 Å². The molecule has 3 rings (SSSR count). The van der Waals surface area contributed by atoms with Crippen LogP contribution in [0.15, 0.2) is 41.2 Å². The minimum Gasteiger partial charge on any atom is -0.481 e. The van der Waals surface area contributed by atoms with E-state index >= 15 is 0 Å². The number of aromatic amines is 1. The van der Waals surface area contributed by atoms with E-state index in [1.54, 1.807) is 31.0 Å². The van der Waals surface area contributed by atoms with Gasteiger partial charge in [0, 0.05) is 25.7 Å². The number of carboxylic acid groups (broad SMARTS) is 2. The predicted octanol–water partition coefficient (Wildman–Crippen LogP) is 2.05. The van der Waals surface area contributed by atoms with Crippen molar-refractivity contribution in [1.82, 2.24) is 15.3 Å². The van der Waals surface area contributed by atoms with Crippen LogP contribution in [0.4, 0.5) is 10.1 Å². The van der Waals surface area contributed by atoms with Crippen molar-refractivity contribution in [2.24, 2.45) is 0 Å². The Morgan fingerprint density at radius 2 is 1.91 bits per heavy atom. The first-order valence-corrected chi connectivity index (χ1v) is 10.3. The summed E-state index contributed by atoms with van der Waals surface area (Å²) >= 11 is 0. The highest BCUT2D eigenvalue weighted by atomic mass is 19.1. The summed E-state index contributed by atoms with van der Waals surface area (Å²) in [4.78, 5) is 55.1. The van der Waals surface area contributed by atoms with Crippen molar-refractivity contribution < 1.29 is 29.0 Å². The van der Waals surface area contributed by atoms with Gasteiger partial charge in [-0.2, -0.15) is 0 Å². The average molecular weight is 470 g/mol. The molecule has 4 N–H and O–H groups in total. The summed E-state index contributed by atoms with van der Waals surface area (Å²) in [5.74, 6) is -3.93. The number of aryl methyl sites for hydroxylation is 1. The number of carbonyl (C=O) groups is 3. The molecule has 178 valence electrons. The van der Waals surface area contributed by atoms with Gasteiger partial charge in [0.2, 0.25) is 0 Å². The monoisotopic (exact) mass is 470 g/mol. The van der Waals surface area contributed by atoms with Crippen LogP contribution < -0.4 is 15.8 Å². The van der Waals surface area contributed by atoms with Crippen molar-refractivity contribution in [3.8, 4) is 0 Å². The summed E-state index contributed by atoms with van der Waals surface area (Å²) in [6, 6.07) is 7.66. The number of amides is 1. The largest absolute Gasteiger partial charge is 0.481 e. The Labute approximate surface area is 193 Å². The topological polar surface area (TPSA) is 153 Å². The lowest BCUT2D eigenvalue weighted by Gasteiger charge is -2.20. The highest BCUT2D eigenvalue weighted by molar-refractivity contribution is 5.97. The molecule has 0 saturated heterocycles. The van der Waals surface area contributed by atoms with E-state index in [-0.39, 0.29) is 17.5 Å². The van der Waals surface area contributed by atoms with Gasteiger partial charge in [0.25, 0.3) is 11.5 Å². The second kappa shape index (κ2) is 10.1. The molecule has 0 fully saturated rings. The zero-order chi connectivity index (χ0) is 25.0. The lowest BCUT2D eigenvalue weighted by Crippen LogP contribution is -2.41. The standard InChI is InChI=1S/C23H23FN4O6/c1-12-25-18-6-3-13(9-16(18)22(32)26-12)11-28(2)14-4-5-15(17(24)10-14)21(31)27-19(23(33)34)7-8-20(29)30/h3-6,9-10,19H,7-8,11H2,1-2H3,(H,27,31)(H,29,30)(H,33,34)(H,25,26,32)/t19-/m0/s1. The van der Waals surface area contributed by atoms with Crippen LogP contribution in [0.5, 0.6) is 0 Å². The molecule has 34 heavy (non-hydrogen) atoms. The number of H-pyrrole nitrogens is 1. The van der Waals surface area contributed by atoms with Crippen LogP contribution in [0.2, 0.25) is 0 Å². The molecule has 1 heterocycles. The lowest BCUT2D eigenvalue weighted by atomic mass is 10.1. The van der Waals surface area contributed by atoms with Crippen LogP contribution in [-0.4, -0.2) is 51.1 Å². The zero-order valence-corrected chi connectivity index (χ0v) is 18.5. The van der Waals surface area contributed by atoms with E-state index in [1.807, 2.05) is 6.07 Å². The van der Waals surface area contributed by atoms with Crippen molar-refractivity contribution in [2.45, 2.75) is 32.4 Å². The van der Waals surface area contributed by atoms with Gasteiger partial charge in [-0.3, -0.25) is 14.4 Å².